The molecule has 0 aromatic heterocycles. The van der Waals surface area contributed by atoms with Gasteiger partial charge in [-0.05, 0) is 80.5 Å². The molecule has 0 aliphatic heterocycles. The molecule has 0 aromatic rings. The van der Waals surface area contributed by atoms with Crippen LogP contribution in [0.4, 0.5) is 0 Å². The third-order valence-electron chi connectivity index (χ3n) is 8.66. The second kappa shape index (κ2) is 5.57. The van der Waals surface area contributed by atoms with Crippen LogP contribution in [0.5, 0.6) is 0 Å². The molecule has 7 atom stereocenters. The van der Waals surface area contributed by atoms with Crippen molar-refractivity contribution < 1.29 is 14.3 Å². The van der Waals surface area contributed by atoms with Crippen LogP contribution < -0.4 is 0 Å². The van der Waals surface area contributed by atoms with Crippen LogP contribution in [0, 0.1) is 34.5 Å². The fourth-order valence-electron chi connectivity index (χ4n) is 7.33. The fraction of sp³-hybridized carbons (Fsp3) is 0.905. The smallest absolute Gasteiger partial charge is 0.302 e. The molecule has 0 saturated heterocycles. The van der Waals surface area contributed by atoms with E-state index >= 15 is 0 Å². The minimum atomic E-state index is -0.129. The fourth-order valence-corrected chi connectivity index (χ4v) is 7.33. The Balaban J connectivity index is 1.54. The molecule has 0 unspecified atom stereocenters. The van der Waals surface area contributed by atoms with Gasteiger partial charge in [0.05, 0.1) is 0 Å². The third kappa shape index (κ3) is 2.29. The van der Waals surface area contributed by atoms with Gasteiger partial charge in [-0.15, -0.1) is 0 Å². The quantitative estimate of drug-likeness (QED) is 0.663. The summed E-state index contributed by atoms with van der Waals surface area (Å²) in [4.78, 5) is 23.8. The van der Waals surface area contributed by atoms with Crippen LogP contribution in [0.2, 0.25) is 0 Å². The van der Waals surface area contributed by atoms with E-state index in [2.05, 4.69) is 13.8 Å². The summed E-state index contributed by atoms with van der Waals surface area (Å²) in [6, 6.07) is 0. The van der Waals surface area contributed by atoms with Gasteiger partial charge >= 0.3 is 5.97 Å². The number of rotatable bonds is 1. The van der Waals surface area contributed by atoms with E-state index in [4.69, 9.17) is 4.74 Å². The average Bonchev–Trinajstić information content (AvgIpc) is 2.83. The first-order chi connectivity index (χ1) is 11.3. The second-order valence-corrected chi connectivity index (χ2v) is 9.58. The van der Waals surface area contributed by atoms with Crippen molar-refractivity contribution in [1.29, 1.82) is 0 Å². The van der Waals surface area contributed by atoms with E-state index in [0.29, 0.717) is 23.0 Å². The van der Waals surface area contributed by atoms with E-state index in [-0.39, 0.29) is 17.5 Å². The van der Waals surface area contributed by atoms with Gasteiger partial charge in [-0.25, -0.2) is 0 Å². The van der Waals surface area contributed by atoms with Gasteiger partial charge in [0.1, 0.15) is 11.9 Å². The molecule has 24 heavy (non-hydrogen) atoms. The third-order valence-corrected chi connectivity index (χ3v) is 8.66. The Morgan fingerprint density at radius 1 is 1.04 bits per heavy atom. The maximum absolute atomic E-state index is 12.5. The first kappa shape index (κ1) is 16.6. The van der Waals surface area contributed by atoms with Crippen molar-refractivity contribution in [2.75, 3.05) is 0 Å². The zero-order chi connectivity index (χ0) is 17.1. The van der Waals surface area contributed by atoms with Crippen molar-refractivity contribution in [2.24, 2.45) is 34.5 Å². The Bertz CT molecular complexity index is 555. The molecule has 3 nitrogen and oxygen atoms in total. The van der Waals surface area contributed by atoms with Gasteiger partial charge in [0.2, 0.25) is 0 Å². The molecule has 0 amide bonds. The summed E-state index contributed by atoms with van der Waals surface area (Å²) in [5.41, 5.74) is 0.381. The zero-order valence-electron chi connectivity index (χ0n) is 15.5. The topological polar surface area (TPSA) is 43.4 Å². The van der Waals surface area contributed by atoms with E-state index in [1.165, 1.54) is 32.6 Å². The lowest BCUT2D eigenvalue weighted by Crippen LogP contribution is -2.54. The normalized spacial score (nSPS) is 50.6. The first-order valence-electron chi connectivity index (χ1n) is 10.0. The number of carbonyl (C=O) groups is 2. The van der Waals surface area contributed by atoms with Gasteiger partial charge in [-0.3, -0.25) is 9.59 Å². The Labute approximate surface area is 145 Å². The van der Waals surface area contributed by atoms with Crippen LogP contribution in [0.3, 0.4) is 0 Å². The number of carbonyl (C=O) groups excluding carboxylic acids is 2. The summed E-state index contributed by atoms with van der Waals surface area (Å²) in [5.74, 6) is 3.26. The Morgan fingerprint density at radius 3 is 2.58 bits per heavy atom. The average molecular weight is 332 g/mol. The number of hydrogen-bond acceptors (Lipinski definition) is 3. The predicted octanol–water partition coefficient (Wildman–Crippen LogP) is 4.53. The van der Waals surface area contributed by atoms with Crippen molar-refractivity contribution in [3.05, 3.63) is 0 Å². The highest BCUT2D eigenvalue weighted by Gasteiger charge is 2.60. The minimum Gasteiger partial charge on any atom is -0.463 e. The molecule has 4 aliphatic carbocycles. The predicted molar refractivity (Wildman–Crippen MR) is 92.3 cm³/mol. The van der Waals surface area contributed by atoms with E-state index in [9.17, 15) is 9.59 Å². The molecular weight excluding hydrogens is 300 g/mol. The van der Waals surface area contributed by atoms with E-state index in [0.717, 1.165) is 43.9 Å². The number of fused-ring (bicyclic) bond motifs is 5. The van der Waals surface area contributed by atoms with Crippen molar-refractivity contribution in [2.45, 2.75) is 84.7 Å². The highest BCUT2D eigenvalue weighted by atomic mass is 16.5. The summed E-state index contributed by atoms with van der Waals surface area (Å²) < 4.78 is 5.54. The molecule has 134 valence electrons. The maximum Gasteiger partial charge on any atom is 0.302 e. The molecule has 4 saturated carbocycles. The highest BCUT2D eigenvalue weighted by Crippen LogP contribution is 2.65. The van der Waals surface area contributed by atoms with E-state index < -0.39 is 0 Å². The van der Waals surface area contributed by atoms with E-state index in [1.807, 2.05) is 0 Å². The highest BCUT2D eigenvalue weighted by molar-refractivity contribution is 5.87. The van der Waals surface area contributed by atoms with E-state index in [1.54, 1.807) is 0 Å². The molecule has 0 N–H and O–H groups in total. The Morgan fingerprint density at radius 2 is 1.83 bits per heavy atom. The summed E-state index contributed by atoms with van der Waals surface area (Å²) in [6.07, 6.45) is 10.2. The lowest BCUT2D eigenvalue weighted by atomic mass is 9.45. The first-order valence-corrected chi connectivity index (χ1v) is 10.0. The Hall–Kier alpha value is -0.860. The molecule has 0 heterocycles. The molecule has 0 radical (unpaired) electrons. The van der Waals surface area contributed by atoms with Gasteiger partial charge in [-0.1, -0.05) is 13.8 Å². The van der Waals surface area contributed by atoms with Crippen LogP contribution in [-0.2, 0) is 14.3 Å². The lowest BCUT2D eigenvalue weighted by molar-refractivity contribution is -0.160. The molecule has 3 heteroatoms. The molecule has 4 rings (SSSR count). The number of ketones is 1. The largest absolute Gasteiger partial charge is 0.463 e. The minimum absolute atomic E-state index is 0.0146. The summed E-state index contributed by atoms with van der Waals surface area (Å²) >= 11 is 0. The van der Waals surface area contributed by atoms with Gasteiger partial charge < -0.3 is 4.74 Å². The molecule has 4 fully saturated rings. The van der Waals surface area contributed by atoms with Crippen LogP contribution >= 0.6 is 0 Å². The monoisotopic (exact) mass is 332 g/mol. The number of hydrogen-bond donors (Lipinski definition) is 0. The SMILES string of the molecule is CC(=O)O[C@H]1CC[C@@]2(C)[C@@H](CC[C@@H]3[C@H]2CC[C@]2(C)C(=O)CC[C@@H]32)C1. The van der Waals surface area contributed by atoms with Crippen molar-refractivity contribution in [1.82, 2.24) is 0 Å². The summed E-state index contributed by atoms with van der Waals surface area (Å²) in [7, 11) is 0. The van der Waals surface area contributed by atoms with Gasteiger partial charge in [0.25, 0.3) is 0 Å². The Kier molecular flexibility index (Phi) is 3.85. The molecule has 4 aliphatic rings. The van der Waals surface area contributed by atoms with Crippen molar-refractivity contribution in [3.8, 4) is 0 Å². The van der Waals surface area contributed by atoms with Crippen LogP contribution in [0.25, 0.3) is 0 Å². The summed E-state index contributed by atoms with van der Waals surface area (Å²) in [6.45, 7) is 6.30. The second-order valence-electron chi connectivity index (χ2n) is 9.58. The standard InChI is InChI=1S/C21H32O3/c1-13(22)24-15-8-10-20(2)14(12-15)4-5-16-17-6-7-19(23)21(17,3)11-9-18(16)20/h14-18H,4-12H2,1-3H3/t14-,15-,16-,17-,18+,20-,21-/m0/s1. The van der Waals surface area contributed by atoms with Crippen molar-refractivity contribution in [3.63, 3.8) is 0 Å². The lowest BCUT2D eigenvalue weighted by Gasteiger charge is -2.60. The van der Waals surface area contributed by atoms with Crippen LogP contribution in [0.1, 0.15) is 78.6 Å². The van der Waals surface area contributed by atoms with Gasteiger partial charge in [0, 0.05) is 18.8 Å². The van der Waals surface area contributed by atoms with Crippen LogP contribution in [-0.4, -0.2) is 17.9 Å². The van der Waals surface area contributed by atoms with Gasteiger partial charge in [-0.2, -0.15) is 0 Å². The summed E-state index contributed by atoms with van der Waals surface area (Å²) in [5, 5.41) is 0. The number of ether oxygens (including phenoxy) is 1. The number of Topliss-reactive ketones (excluding diaryl/α,β-unsaturated/α-hetero) is 1. The molecule has 0 spiro atoms. The van der Waals surface area contributed by atoms with Gasteiger partial charge in [0.15, 0.2) is 0 Å². The zero-order valence-corrected chi connectivity index (χ0v) is 15.5. The molecule has 0 bridgehead atoms. The van der Waals surface area contributed by atoms with Crippen LogP contribution in [0.15, 0.2) is 0 Å². The number of esters is 1. The maximum atomic E-state index is 12.5. The molecule has 0 aromatic carbocycles. The molecular formula is C21H32O3. The van der Waals surface area contributed by atoms with Crippen molar-refractivity contribution >= 4 is 11.8 Å².